The molecule has 8 N–H and O–H groups in total. The van der Waals surface area contributed by atoms with Gasteiger partial charge in [0.2, 0.25) is 23.8 Å². The van der Waals surface area contributed by atoms with Crippen molar-refractivity contribution in [1.82, 2.24) is 39.5 Å². The lowest BCUT2D eigenvalue weighted by atomic mass is 10.0. The number of nitrogen functional groups attached to an aromatic ring is 4. The van der Waals surface area contributed by atoms with Crippen LogP contribution in [0.3, 0.4) is 0 Å². The van der Waals surface area contributed by atoms with Gasteiger partial charge >= 0.3 is 0 Å². The number of aromatic nitrogens is 8. The Hall–Kier alpha value is -4.09. The maximum atomic E-state index is 5.71. The maximum Gasteiger partial charge on any atom is 0.225 e. The van der Waals surface area contributed by atoms with Crippen LogP contribution in [0.1, 0.15) is 37.0 Å². The van der Waals surface area contributed by atoms with Gasteiger partial charge in [-0.1, -0.05) is 12.1 Å². The highest BCUT2D eigenvalue weighted by Gasteiger charge is 2.16. The van der Waals surface area contributed by atoms with E-state index in [0.29, 0.717) is 24.5 Å². The van der Waals surface area contributed by atoms with Crippen LogP contribution in [0.15, 0.2) is 30.6 Å². The maximum absolute atomic E-state index is 5.71. The minimum absolute atomic E-state index is 0.122. The molecule has 0 bridgehead atoms. The van der Waals surface area contributed by atoms with E-state index < -0.39 is 0 Å². The van der Waals surface area contributed by atoms with Crippen molar-refractivity contribution in [3.8, 4) is 0 Å². The van der Waals surface area contributed by atoms with Crippen molar-refractivity contribution in [3.63, 3.8) is 0 Å². The van der Waals surface area contributed by atoms with Gasteiger partial charge in [0, 0.05) is 18.9 Å². The van der Waals surface area contributed by atoms with Crippen LogP contribution in [0.5, 0.6) is 0 Å². The van der Waals surface area contributed by atoms with Crippen molar-refractivity contribution >= 4 is 34.8 Å². The zero-order valence-electron chi connectivity index (χ0n) is 16.9. The van der Waals surface area contributed by atoms with Crippen LogP contribution in [-0.4, -0.2) is 39.5 Å². The van der Waals surface area contributed by atoms with E-state index in [1.54, 1.807) is 0 Å². The first kappa shape index (κ1) is 20.2. The van der Waals surface area contributed by atoms with Gasteiger partial charge in [-0.3, -0.25) is 0 Å². The zero-order chi connectivity index (χ0) is 21.8. The second-order valence-electron chi connectivity index (χ2n) is 7.16. The number of fused-ring (bicyclic) bond motifs is 1. The molecule has 0 fully saturated rings. The number of anilines is 4. The molecule has 31 heavy (non-hydrogen) atoms. The monoisotopic (exact) mass is 420 g/mol. The molecule has 0 aliphatic carbocycles. The molecule has 0 saturated heterocycles. The number of rotatable bonds is 8. The summed E-state index contributed by atoms with van der Waals surface area (Å²) in [4.78, 5) is 28.9. The predicted octanol–water partition coefficient (Wildman–Crippen LogP) is 0.932. The molecule has 160 valence electrons. The molecular weight excluding hydrogens is 396 g/mol. The van der Waals surface area contributed by atoms with Crippen molar-refractivity contribution in [1.29, 1.82) is 0 Å². The summed E-state index contributed by atoms with van der Waals surface area (Å²) in [6, 6.07) is 8.17. The number of benzene rings is 1. The molecule has 3 heterocycles. The first-order valence-electron chi connectivity index (χ1n) is 9.91. The van der Waals surface area contributed by atoms with Crippen molar-refractivity contribution in [2.75, 3.05) is 22.9 Å². The van der Waals surface area contributed by atoms with E-state index in [1.165, 1.54) is 0 Å². The number of nitrogens with zero attached hydrogens (tertiary/aromatic N) is 8. The van der Waals surface area contributed by atoms with Gasteiger partial charge in [-0.15, -0.1) is 0 Å². The summed E-state index contributed by atoms with van der Waals surface area (Å²) in [5, 5.41) is 0. The van der Waals surface area contributed by atoms with Gasteiger partial charge in [0.25, 0.3) is 0 Å². The van der Waals surface area contributed by atoms with E-state index in [9.17, 15) is 0 Å². The number of hydrogen-bond donors (Lipinski definition) is 4. The van der Waals surface area contributed by atoms with Crippen LogP contribution in [-0.2, 0) is 12.8 Å². The molecule has 1 atom stereocenters. The fourth-order valence-electron chi connectivity index (χ4n) is 3.62. The molecule has 4 rings (SSSR count). The van der Waals surface area contributed by atoms with Gasteiger partial charge in [0.15, 0.2) is 0 Å². The van der Waals surface area contributed by atoms with Crippen LogP contribution < -0.4 is 22.9 Å². The number of nitrogens with two attached hydrogens (primary N) is 4. The van der Waals surface area contributed by atoms with Gasteiger partial charge < -0.3 is 27.5 Å². The zero-order valence-corrected chi connectivity index (χ0v) is 16.9. The van der Waals surface area contributed by atoms with Crippen LogP contribution in [0.25, 0.3) is 11.0 Å². The van der Waals surface area contributed by atoms with Crippen LogP contribution in [0, 0.1) is 0 Å². The van der Waals surface area contributed by atoms with E-state index in [4.69, 9.17) is 22.9 Å². The molecule has 12 heteroatoms. The van der Waals surface area contributed by atoms with E-state index in [1.807, 2.05) is 24.5 Å². The topological polar surface area (TPSA) is 199 Å². The summed E-state index contributed by atoms with van der Waals surface area (Å²) in [5.74, 6) is 1.65. The lowest BCUT2D eigenvalue weighted by Crippen LogP contribution is -2.13. The van der Waals surface area contributed by atoms with Crippen LogP contribution in [0.2, 0.25) is 0 Å². The standard InChI is InChI=1S/C19H24N12/c20-16-25-14(26-17(21)29-16)7-3-4-11(8-9-15-27-18(22)30-19(23)28-15)31-10-24-12-5-1-2-6-13(12)31/h1-2,5-6,10-11H,3-4,7-9H2,(H4,20,21,25,26,29)(H4,22,23,27,28,30). The Balaban J connectivity index is 1.52. The highest BCUT2D eigenvalue weighted by Crippen LogP contribution is 2.26. The SMILES string of the molecule is Nc1nc(N)nc(CCCC(CCc2nc(N)nc(N)n2)n2cnc3ccccc32)n1. The summed E-state index contributed by atoms with van der Waals surface area (Å²) in [6.45, 7) is 0. The molecule has 1 unspecified atom stereocenters. The van der Waals surface area contributed by atoms with Gasteiger partial charge in [-0.05, 0) is 31.4 Å². The Kier molecular flexibility index (Phi) is 5.69. The minimum Gasteiger partial charge on any atom is -0.368 e. The fraction of sp³-hybridized carbons (Fsp3) is 0.316. The number of hydrogen-bond acceptors (Lipinski definition) is 11. The minimum atomic E-state index is 0.122. The molecule has 0 aliphatic rings. The fourth-order valence-corrected chi connectivity index (χ4v) is 3.62. The van der Waals surface area contributed by atoms with E-state index in [2.05, 4.69) is 45.5 Å². The van der Waals surface area contributed by atoms with E-state index in [-0.39, 0.29) is 29.8 Å². The summed E-state index contributed by atoms with van der Waals surface area (Å²) < 4.78 is 2.18. The summed E-state index contributed by atoms with van der Waals surface area (Å²) >= 11 is 0. The quantitative estimate of drug-likeness (QED) is 0.316. The van der Waals surface area contributed by atoms with Gasteiger partial charge in [0.1, 0.15) is 11.6 Å². The molecule has 0 radical (unpaired) electrons. The third kappa shape index (κ3) is 4.91. The summed E-state index contributed by atoms with van der Waals surface area (Å²) in [5.41, 5.74) is 24.8. The van der Waals surface area contributed by atoms with E-state index in [0.717, 1.165) is 30.3 Å². The summed E-state index contributed by atoms with van der Waals surface area (Å²) in [6.07, 6.45) is 5.53. The molecule has 0 spiro atoms. The Labute approximate surface area is 178 Å². The molecule has 0 amide bonds. The highest BCUT2D eigenvalue weighted by atomic mass is 15.1. The first-order chi connectivity index (χ1) is 15.0. The third-order valence-electron chi connectivity index (χ3n) is 4.95. The first-order valence-corrected chi connectivity index (χ1v) is 9.91. The molecule has 0 aliphatic heterocycles. The second-order valence-corrected chi connectivity index (χ2v) is 7.16. The van der Waals surface area contributed by atoms with Crippen molar-refractivity contribution in [3.05, 3.63) is 42.2 Å². The number of aryl methyl sites for hydroxylation is 2. The normalized spacial score (nSPS) is 12.3. The average molecular weight is 420 g/mol. The van der Waals surface area contributed by atoms with E-state index >= 15 is 0 Å². The molecule has 1 aromatic carbocycles. The van der Waals surface area contributed by atoms with Gasteiger partial charge in [-0.25, -0.2) is 4.98 Å². The van der Waals surface area contributed by atoms with Crippen molar-refractivity contribution in [2.24, 2.45) is 0 Å². The van der Waals surface area contributed by atoms with Crippen molar-refractivity contribution < 1.29 is 0 Å². The largest absolute Gasteiger partial charge is 0.368 e. The van der Waals surface area contributed by atoms with Gasteiger partial charge in [-0.2, -0.15) is 29.9 Å². The third-order valence-corrected chi connectivity index (χ3v) is 4.95. The molecule has 12 nitrogen and oxygen atoms in total. The van der Waals surface area contributed by atoms with Crippen LogP contribution in [0.4, 0.5) is 23.8 Å². The van der Waals surface area contributed by atoms with Crippen LogP contribution >= 0.6 is 0 Å². The number of imidazole rings is 1. The second kappa shape index (κ2) is 8.73. The smallest absolute Gasteiger partial charge is 0.225 e. The Morgan fingerprint density at radius 1 is 0.710 bits per heavy atom. The van der Waals surface area contributed by atoms with Gasteiger partial charge in [0.05, 0.1) is 17.4 Å². The predicted molar refractivity (Wildman–Crippen MR) is 117 cm³/mol. The lowest BCUT2D eigenvalue weighted by molar-refractivity contribution is 0.427. The highest BCUT2D eigenvalue weighted by molar-refractivity contribution is 5.75. The molecular formula is C19H24N12. The lowest BCUT2D eigenvalue weighted by Gasteiger charge is -2.19. The Bertz CT molecular complexity index is 1150. The summed E-state index contributed by atoms with van der Waals surface area (Å²) in [7, 11) is 0. The average Bonchev–Trinajstić information content (AvgIpc) is 3.13. The van der Waals surface area contributed by atoms with Crippen molar-refractivity contribution in [2.45, 2.75) is 38.1 Å². The molecule has 4 aromatic rings. The Morgan fingerprint density at radius 3 is 1.94 bits per heavy atom. The molecule has 0 saturated carbocycles. The molecule has 3 aromatic heterocycles. The Morgan fingerprint density at radius 2 is 1.29 bits per heavy atom. The number of para-hydroxylation sites is 2.